The average Bonchev–Trinajstić information content (AvgIpc) is 3.07. The highest BCUT2D eigenvalue weighted by atomic mass is 32.1. The third kappa shape index (κ3) is 6.32. The summed E-state index contributed by atoms with van der Waals surface area (Å²) in [6, 6.07) is 21.2. The number of nitrogens with zero attached hydrogens (tertiary/aromatic N) is 2. The van der Waals surface area contributed by atoms with Gasteiger partial charge in [-0.1, -0.05) is 60.7 Å². The minimum Gasteiger partial charge on any atom is -0.375 e. The molecule has 5 N–H and O–H groups in total. The molecule has 0 aliphatic rings. The van der Waals surface area contributed by atoms with E-state index in [1.807, 2.05) is 6.92 Å². The zero-order chi connectivity index (χ0) is 20.5. The first-order chi connectivity index (χ1) is 14.1. The Labute approximate surface area is 176 Å². The molecule has 0 fully saturated rings. The highest BCUT2D eigenvalue weighted by molar-refractivity contribution is 7.15. The number of anilines is 1. The summed E-state index contributed by atoms with van der Waals surface area (Å²) in [4.78, 5) is 9.94. The monoisotopic (exact) mass is 407 g/mol. The molecule has 0 aliphatic carbocycles. The normalized spacial score (nSPS) is 11.7. The Morgan fingerprint density at radius 1 is 1.07 bits per heavy atom. The minimum absolute atomic E-state index is 0.331. The Hall–Kier alpha value is -2.86. The molecule has 1 aromatic heterocycles. The Bertz CT molecular complexity index is 866. The molecule has 0 saturated heterocycles. The maximum Gasteiger partial charge on any atom is 0.188 e. The van der Waals surface area contributed by atoms with Gasteiger partial charge >= 0.3 is 0 Å². The van der Waals surface area contributed by atoms with Crippen LogP contribution in [0.5, 0.6) is 0 Å². The summed E-state index contributed by atoms with van der Waals surface area (Å²) in [6.45, 7) is 3.46. The van der Waals surface area contributed by atoms with Crippen LogP contribution < -0.4 is 16.8 Å². The number of rotatable bonds is 9. The lowest BCUT2D eigenvalue weighted by Gasteiger charge is -2.18. The molecule has 29 heavy (non-hydrogen) atoms. The second kappa shape index (κ2) is 10.6. The smallest absolute Gasteiger partial charge is 0.188 e. The fourth-order valence-corrected chi connectivity index (χ4v) is 4.29. The SMILES string of the molecule is Cc1nc(N)sc1CCCN=C(N)NCCC(c1ccccc1)c1ccccc1. The molecular weight excluding hydrogens is 378 g/mol. The van der Waals surface area contributed by atoms with Gasteiger partial charge in [0.25, 0.3) is 0 Å². The summed E-state index contributed by atoms with van der Waals surface area (Å²) in [5.74, 6) is 0.836. The molecule has 5 nitrogen and oxygen atoms in total. The number of nitrogens with two attached hydrogens (primary N) is 2. The van der Waals surface area contributed by atoms with Crippen molar-refractivity contribution in [2.45, 2.75) is 32.1 Å². The Balaban J connectivity index is 1.48. The average molecular weight is 408 g/mol. The highest BCUT2D eigenvalue weighted by Gasteiger charge is 2.13. The Morgan fingerprint density at radius 2 is 1.69 bits per heavy atom. The lowest BCUT2D eigenvalue weighted by atomic mass is 9.88. The molecule has 0 spiro atoms. The quantitative estimate of drug-likeness (QED) is 0.283. The van der Waals surface area contributed by atoms with E-state index >= 15 is 0 Å². The van der Waals surface area contributed by atoms with Gasteiger partial charge in [0, 0.05) is 23.9 Å². The second-order valence-corrected chi connectivity index (χ2v) is 8.14. The van der Waals surface area contributed by atoms with E-state index in [0.717, 1.165) is 31.5 Å². The van der Waals surface area contributed by atoms with E-state index < -0.39 is 0 Å². The predicted molar refractivity (Wildman–Crippen MR) is 123 cm³/mol. The number of benzene rings is 2. The third-order valence-electron chi connectivity index (χ3n) is 4.90. The van der Waals surface area contributed by atoms with Gasteiger partial charge in [-0.2, -0.15) is 0 Å². The number of hydrogen-bond acceptors (Lipinski definition) is 4. The van der Waals surface area contributed by atoms with E-state index in [-0.39, 0.29) is 0 Å². The zero-order valence-electron chi connectivity index (χ0n) is 16.8. The van der Waals surface area contributed by atoms with Gasteiger partial charge in [-0.3, -0.25) is 4.99 Å². The van der Waals surface area contributed by atoms with Crippen LogP contribution in [-0.4, -0.2) is 24.0 Å². The van der Waals surface area contributed by atoms with Crippen LogP contribution in [-0.2, 0) is 6.42 Å². The third-order valence-corrected chi connectivity index (χ3v) is 5.94. The van der Waals surface area contributed by atoms with Crippen molar-refractivity contribution in [3.63, 3.8) is 0 Å². The molecule has 0 amide bonds. The van der Waals surface area contributed by atoms with E-state index in [1.165, 1.54) is 16.0 Å². The van der Waals surface area contributed by atoms with Gasteiger partial charge in [-0.05, 0) is 37.3 Å². The van der Waals surface area contributed by atoms with Crippen molar-refractivity contribution in [1.82, 2.24) is 10.3 Å². The number of thiazole rings is 1. The molecule has 6 heteroatoms. The van der Waals surface area contributed by atoms with Crippen molar-refractivity contribution in [3.8, 4) is 0 Å². The molecule has 3 aromatic rings. The molecule has 0 unspecified atom stereocenters. The van der Waals surface area contributed by atoms with Crippen molar-refractivity contribution in [2.75, 3.05) is 18.8 Å². The van der Waals surface area contributed by atoms with Gasteiger partial charge in [-0.15, -0.1) is 11.3 Å². The van der Waals surface area contributed by atoms with E-state index in [9.17, 15) is 0 Å². The predicted octanol–water partition coefficient (Wildman–Crippen LogP) is 4.09. The lowest BCUT2D eigenvalue weighted by molar-refractivity contribution is 0.687. The summed E-state index contributed by atoms with van der Waals surface area (Å²) >= 11 is 1.56. The summed E-state index contributed by atoms with van der Waals surface area (Å²) in [5.41, 5.74) is 15.5. The van der Waals surface area contributed by atoms with Crippen LogP contribution in [0.2, 0.25) is 0 Å². The maximum absolute atomic E-state index is 6.06. The van der Waals surface area contributed by atoms with Crippen LogP contribution in [0.25, 0.3) is 0 Å². The van der Waals surface area contributed by atoms with Crippen molar-refractivity contribution in [3.05, 3.63) is 82.4 Å². The number of nitrogens with one attached hydrogen (secondary N) is 1. The molecule has 0 saturated carbocycles. The molecule has 2 aromatic carbocycles. The standard InChI is InChI=1S/C23H29N5S/c1-17-21(29-23(25)28-17)13-8-15-26-22(24)27-16-14-20(18-9-4-2-5-10-18)19-11-6-3-7-12-19/h2-7,9-12,20H,8,13-16H2,1H3,(H2,25,28)(H3,24,26,27). The van der Waals surface area contributed by atoms with Gasteiger partial charge in [-0.25, -0.2) is 4.98 Å². The first kappa shape index (κ1) is 20.9. The maximum atomic E-state index is 6.06. The number of guanidine groups is 1. The molecule has 0 atom stereocenters. The van der Waals surface area contributed by atoms with E-state index in [2.05, 4.69) is 76.0 Å². The molecule has 152 valence electrons. The van der Waals surface area contributed by atoms with E-state index in [1.54, 1.807) is 11.3 Å². The topological polar surface area (TPSA) is 89.3 Å². The summed E-state index contributed by atoms with van der Waals surface area (Å²) in [5, 5.41) is 3.90. The molecular formula is C23H29N5S. The van der Waals surface area contributed by atoms with Gasteiger partial charge in [0.05, 0.1) is 5.69 Å². The van der Waals surface area contributed by atoms with Crippen LogP contribution in [0.15, 0.2) is 65.7 Å². The number of nitrogen functional groups attached to an aromatic ring is 1. The van der Waals surface area contributed by atoms with Crippen LogP contribution in [0.1, 0.15) is 40.5 Å². The molecule has 0 aliphatic heterocycles. The zero-order valence-corrected chi connectivity index (χ0v) is 17.7. The van der Waals surface area contributed by atoms with Gasteiger partial charge < -0.3 is 16.8 Å². The minimum atomic E-state index is 0.331. The van der Waals surface area contributed by atoms with Crippen LogP contribution in [0.3, 0.4) is 0 Å². The summed E-state index contributed by atoms with van der Waals surface area (Å²) < 4.78 is 0. The van der Waals surface area contributed by atoms with Gasteiger partial charge in [0.2, 0.25) is 0 Å². The first-order valence-electron chi connectivity index (χ1n) is 9.99. The fraction of sp³-hybridized carbons (Fsp3) is 0.304. The largest absolute Gasteiger partial charge is 0.375 e. The van der Waals surface area contributed by atoms with Gasteiger partial charge in [0.1, 0.15) is 0 Å². The number of hydrogen-bond donors (Lipinski definition) is 3. The first-order valence-corrected chi connectivity index (χ1v) is 10.8. The van der Waals surface area contributed by atoms with E-state index in [0.29, 0.717) is 23.6 Å². The lowest BCUT2D eigenvalue weighted by Crippen LogP contribution is -2.33. The number of aromatic nitrogens is 1. The highest BCUT2D eigenvalue weighted by Crippen LogP contribution is 2.27. The summed E-state index contributed by atoms with van der Waals surface area (Å²) in [6.07, 6.45) is 2.81. The number of aliphatic imine (C=N–C) groups is 1. The van der Waals surface area contributed by atoms with Crippen molar-refractivity contribution < 1.29 is 0 Å². The second-order valence-electron chi connectivity index (χ2n) is 7.02. The van der Waals surface area contributed by atoms with Crippen LogP contribution in [0, 0.1) is 6.92 Å². The van der Waals surface area contributed by atoms with Crippen LogP contribution >= 0.6 is 11.3 Å². The molecule has 1 heterocycles. The van der Waals surface area contributed by atoms with Gasteiger partial charge in [0.15, 0.2) is 11.1 Å². The molecule has 0 radical (unpaired) electrons. The van der Waals surface area contributed by atoms with Crippen molar-refractivity contribution >= 4 is 22.4 Å². The number of aryl methyl sites for hydroxylation is 2. The molecule has 3 rings (SSSR count). The fourth-order valence-electron chi connectivity index (χ4n) is 3.42. The van der Waals surface area contributed by atoms with Crippen molar-refractivity contribution in [2.24, 2.45) is 10.7 Å². The Morgan fingerprint density at radius 3 is 2.24 bits per heavy atom. The van der Waals surface area contributed by atoms with Crippen molar-refractivity contribution in [1.29, 1.82) is 0 Å². The van der Waals surface area contributed by atoms with Crippen LogP contribution in [0.4, 0.5) is 5.13 Å². The van der Waals surface area contributed by atoms with E-state index in [4.69, 9.17) is 11.5 Å². The summed E-state index contributed by atoms with van der Waals surface area (Å²) in [7, 11) is 0. The molecule has 0 bridgehead atoms. The Kier molecular flexibility index (Phi) is 7.64.